The van der Waals surface area contributed by atoms with E-state index in [1.165, 1.54) is 13.3 Å². The standard InChI is InChI=1S/C15H23NO3/c1-12(17)9-13(18)16-10-14(7-8-14)11-19-15(16)5-3-2-4-6-15/h2-11H2,1H3. The van der Waals surface area contributed by atoms with Gasteiger partial charge in [-0.25, -0.2) is 0 Å². The van der Waals surface area contributed by atoms with Gasteiger partial charge in [0.1, 0.15) is 11.5 Å². The minimum Gasteiger partial charge on any atom is -0.355 e. The Hall–Kier alpha value is -0.900. The van der Waals surface area contributed by atoms with Gasteiger partial charge in [0, 0.05) is 12.0 Å². The van der Waals surface area contributed by atoms with Gasteiger partial charge >= 0.3 is 0 Å². The van der Waals surface area contributed by atoms with Crippen molar-refractivity contribution in [2.45, 2.75) is 64.0 Å². The molecule has 1 aliphatic heterocycles. The van der Waals surface area contributed by atoms with Gasteiger partial charge in [-0.15, -0.1) is 0 Å². The highest BCUT2D eigenvalue weighted by Gasteiger charge is 2.55. The van der Waals surface area contributed by atoms with Gasteiger partial charge in [-0.05, 0) is 45.4 Å². The van der Waals surface area contributed by atoms with Crippen molar-refractivity contribution in [2.24, 2.45) is 5.41 Å². The molecule has 0 atom stereocenters. The van der Waals surface area contributed by atoms with Gasteiger partial charge in [0.15, 0.2) is 0 Å². The first-order valence-corrected chi connectivity index (χ1v) is 7.49. The predicted octanol–water partition coefficient (Wildman–Crippen LogP) is 2.26. The molecule has 19 heavy (non-hydrogen) atoms. The van der Waals surface area contributed by atoms with E-state index in [0.717, 1.165) is 51.7 Å². The summed E-state index contributed by atoms with van der Waals surface area (Å²) >= 11 is 0. The summed E-state index contributed by atoms with van der Waals surface area (Å²) in [7, 11) is 0. The molecular formula is C15H23NO3. The average molecular weight is 265 g/mol. The average Bonchev–Trinajstić information content (AvgIpc) is 3.13. The lowest BCUT2D eigenvalue weighted by Crippen LogP contribution is -2.61. The quantitative estimate of drug-likeness (QED) is 0.719. The number of hydrogen-bond acceptors (Lipinski definition) is 3. The maximum absolute atomic E-state index is 12.4. The highest BCUT2D eigenvalue weighted by Crippen LogP contribution is 2.53. The van der Waals surface area contributed by atoms with Gasteiger partial charge in [0.2, 0.25) is 5.91 Å². The Kier molecular flexibility index (Phi) is 3.16. The van der Waals surface area contributed by atoms with Crippen molar-refractivity contribution in [3.8, 4) is 0 Å². The Morgan fingerprint density at radius 3 is 2.37 bits per heavy atom. The topological polar surface area (TPSA) is 46.6 Å². The third kappa shape index (κ3) is 2.42. The van der Waals surface area contributed by atoms with E-state index in [4.69, 9.17) is 4.74 Å². The Morgan fingerprint density at radius 1 is 1.11 bits per heavy atom. The van der Waals surface area contributed by atoms with E-state index in [1.807, 2.05) is 4.90 Å². The zero-order valence-electron chi connectivity index (χ0n) is 11.7. The van der Waals surface area contributed by atoms with Crippen molar-refractivity contribution < 1.29 is 14.3 Å². The maximum Gasteiger partial charge on any atom is 0.232 e. The Morgan fingerprint density at radius 2 is 1.79 bits per heavy atom. The van der Waals surface area contributed by atoms with E-state index >= 15 is 0 Å². The first-order valence-electron chi connectivity index (χ1n) is 7.49. The van der Waals surface area contributed by atoms with Crippen LogP contribution in [0.2, 0.25) is 0 Å². The fraction of sp³-hybridized carbons (Fsp3) is 0.867. The molecule has 1 heterocycles. The van der Waals surface area contributed by atoms with E-state index in [-0.39, 0.29) is 23.5 Å². The Balaban J connectivity index is 1.80. The molecule has 2 aliphatic carbocycles. The van der Waals surface area contributed by atoms with Crippen molar-refractivity contribution in [1.82, 2.24) is 4.90 Å². The number of rotatable bonds is 2. The maximum atomic E-state index is 12.4. The first-order chi connectivity index (χ1) is 9.05. The lowest BCUT2D eigenvalue weighted by molar-refractivity contribution is -0.223. The van der Waals surface area contributed by atoms with E-state index in [2.05, 4.69) is 0 Å². The van der Waals surface area contributed by atoms with Crippen LogP contribution in [0, 0.1) is 5.41 Å². The van der Waals surface area contributed by atoms with Crippen LogP contribution in [0.25, 0.3) is 0 Å². The van der Waals surface area contributed by atoms with Crippen molar-refractivity contribution in [3.05, 3.63) is 0 Å². The van der Waals surface area contributed by atoms with E-state index in [1.54, 1.807) is 0 Å². The Labute approximate surface area is 114 Å². The molecule has 0 unspecified atom stereocenters. The van der Waals surface area contributed by atoms with Crippen LogP contribution in [0.15, 0.2) is 0 Å². The van der Waals surface area contributed by atoms with E-state index in [0.29, 0.717) is 0 Å². The number of nitrogens with zero attached hydrogens (tertiary/aromatic N) is 1. The first kappa shape index (κ1) is 13.1. The lowest BCUT2D eigenvalue weighted by Gasteiger charge is -2.51. The van der Waals surface area contributed by atoms with Gasteiger partial charge in [-0.2, -0.15) is 0 Å². The molecule has 3 aliphatic rings. The number of ether oxygens (including phenoxy) is 1. The summed E-state index contributed by atoms with van der Waals surface area (Å²) in [5.41, 5.74) is -0.173. The largest absolute Gasteiger partial charge is 0.355 e. The van der Waals surface area contributed by atoms with Gasteiger partial charge in [0.05, 0.1) is 13.0 Å². The molecule has 0 aromatic heterocycles. The molecule has 0 bridgehead atoms. The van der Waals surface area contributed by atoms with Gasteiger partial charge in [-0.3, -0.25) is 9.59 Å². The molecule has 1 saturated heterocycles. The number of amides is 1. The van der Waals surface area contributed by atoms with Crippen molar-refractivity contribution in [1.29, 1.82) is 0 Å². The number of Topliss-reactive ketones (excluding diaryl/α,β-unsaturated/α-hetero) is 1. The number of ketones is 1. The van der Waals surface area contributed by atoms with Crippen LogP contribution < -0.4 is 0 Å². The number of carbonyl (C=O) groups is 2. The molecule has 2 saturated carbocycles. The van der Waals surface area contributed by atoms with Crippen LogP contribution in [0.4, 0.5) is 0 Å². The molecule has 0 radical (unpaired) electrons. The molecule has 3 rings (SSSR count). The summed E-state index contributed by atoms with van der Waals surface area (Å²) in [4.78, 5) is 25.6. The fourth-order valence-corrected chi connectivity index (χ4v) is 3.51. The molecule has 2 spiro atoms. The SMILES string of the molecule is CC(=O)CC(=O)N1CC2(CC2)COC12CCCCC2. The molecule has 0 aromatic rings. The smallest absolute Gasteiger partial charge is 0.232 e. The van der Waals surface area contributed by atoms with Crippen LogP contribution >= 0.6 is 0 Å². The molecule has 106 valence electrons. The molecule has 3 fully saturated rings. The van der Waals surface area contributed by atoms with Crippen LogP contribution in [0.1, 0.15) is 58.3 Å². The van der Waals surface area contributed by atoms with Crippen molar-refractivity contribution in [2.75, 3.05) is 13.2 Å². The van der Waals surface area contributed by atoms with E-state index < -0.39 is 5.72 Å². The molecule has 4 heteroatoms. The zero-order valence-corrected chi connectivity index (χ0v) is 11.7. The second-order valence-electron chi connectivity index (χ2n) is 6.65. The van der Waals surface area contributed by atoms with Crippen molar-refractivity contribution >= 4 is 11.7 Å². The van der Waals surface area contributed by atoms with Crippen LogP contribution in [0.3, 0.4) is 0 Å². The summed E-state index contributed by atoms with van der Waals surface area (Å²) < 4.78 is 6.19. The van der Waals surface area contributed by atoms with Crippen molar-refractivity contribution in [3.63, 3.8) is 0 Å². The summed E-state index contributed by atoms with van der Waals surface area (Å²) in [5, 5.41) is 0. The van der Waals surface area contributed by atoms with Gasteiger partial charge < -0.3 is 9.64 Å². The van der Waals surface area contributed by atoms with E-state index in [9.17, 15) is 9.59 Å². The van der Waals surface area contributed by atoms with Crippen LogP contribution in [-0.4, -0.2) is 35.5 Å². The van der Waals surface area contributed by atoms with Crippen LogP contribution in [-0.2, 0) is 14.3 Å². The third-order valence-electron chi connectivity index (χ3n) is 4.93. The highest BCUT2D eigenvalue weighted by atomic mass is 16.5. The minimum atomic E-state index is -0.390. The second-order valence-corrected chi connectivity index (χ2v) is 6.65. The fourth-order valence-electron chi connectivity index (χ4n) is 3.51. The normalized spacial score (nSPS) is 27.5. The van der Waals surface area contributed by atoms with Gasteiger partial charge in [-0.1, -0.05) is 6.42 Å². The number of hydrogen-bond donors (Lipinski definition) is 0. The van der Waals surface area contributed by atoms with Crippen LogP contribution in [0.5, 0.6) is 0 Å². The Bertz CT molecular complexity index is 394. The molecule has 0 aromatic carbocycles. The summed E-state index contributed by atoms with van der Waals surface area (Å²) in [6.07, 6.45) is 7.69. The highest BCUT2D eigenvalue weighted by molar-refractivity contribution is 5.97. The second kappa shape index (κ2) is 4.58. The molecule has 0 N–H and O–H groups in total. The lowest BCUT2D eigenvalue weighted by atomic mass is 9.87. The monoisotopic (exact) mass is 265 g/mol. The van der Waals surface area contributed by atoms with Gasteiger partial charge in [0.25, 0.3) is 0 Å². The predicted molar refractivity (Wildman–Crippen MR) is 70.4 cm³/mol. The molecular weight excluding hydrogens is 242 g/mol. The molecule has 1 amide bonds. The summed E-state index contributed by atoms with van der Waals surface area (Å²) in [5.74, 6) is -0.0771. The third-order valence-corrected chi connectivity index (χ3v) is 4.93. The minimum absolute atomic E-state index is 0.0274. The zero-order chi connectivity index (χ0) is 13.5. The summed E-state index contributed by atoms with van der Waals surface area (Å²) in [6, 6.07) is 0. The molecule has 4 nitrogen and oxygen atoms in total. The summed E-state index contributed by atoms with van der Waals surface area (Å²) in [6.45, 7) is 3.10. The number of carbonyl (C=O) groups excluding carboxylic acids is 2.